The first-order chi connectivity index (χ1) is 9.52. The minimum atomic E-state index is -0.274. The Balaban J connectivity index is 2.21. The highest BCUT2D eigenvalue weighted by atomic mass is 79.9. The highest BCUT2D eigenvalue weighted by Crippen LogP contribution is 2.23. The second-order valence-corrected chi connectivity index (χ2v) is 6.02. The minimum Gasteiger partial charge on any atom is -0.373 e. The van der Waals surface area contributed by atoms with E-state index in [9.17, 15) is 9.59 Å². The van der Waals surface area contributed by atoms with E-state index < -0.39 is 0 Å². The number of anilines is 1. The molecule has 0 bridgehead atoms. The predicted molar refractivity (Wildman–Crippen MR) is 83.8 cm³/mol. The van der Waals surface area contributed by atoms with E-state index in [0.717, 1.165) is 16.7 Å². The number of rotatable bonds is 5. The van der Waals surface area contributed by atoms with Crippen LogP contribution in [0.1, 0.15) is 16.6 Å². The lowest BCUT2D eigenvalue weighted by atomic mass is 10.3. The second kappa shape index (κ2) is 6.32. The third-order valence-electron chi connectivity index (χ3n) is 2.93. The molecule has 0 fully saturated rings. The number of hydrogen-bond acceptors (Lipinski definition) is 5. The van der Waals surface area contributed by atoms with Crippen molar-refractivity contribution in [3.63, 3.8) is 0 Å². The third-order valence-corrected chi connectivity index (χ3v) is 4.81. The smallest absolute Gasteiger partial charge is 0.269 e. The highest BCUT2D eigenvalue weighted by Gasteiger charge is 2.14. The Morgan fingerprint density at radius 1 is 1.55 bits per heavy atom. The molecule has 7 heteroatoms. The van der Waals surface area contributed by atoms with Gasteiger partial charge in [-0.3, -0.25) is 9.59 Å². The Labute approximate surface area is 129 Å². The van der Waals surface area contributed by atoms with Gasteiger partial charge < -0.3 is 4.90 Å². The lowest BCUT2D eigenvalue weighted by Crippen LogP contribution is -2.28. The number of hydrogen-bond donors (Lipinski definition) is 0. The quantitative estimate of drug-likeness (QED) is 0.772. The Kier molecular flexibility index (Phi) is 4.72. The van der Waals surface area contributed by atoms with Crippen LogP contribution in [0.3, 0.4) is 0 Å². The van der Waals surface area contributed by atoms with Gasteiger partial charge in [0.05, 0.1) is 16.8 Å². The maximum Gasteiger partial charge on any atom is 0.269 e. The van der Waals surface area contributed by atoms with Crippen LogP contribution >= 0.6 is 27.3 Å². The van der Waals surface area contributed by atoms with Crippen LogP contribution < -0.4 is 10.5 Å². The first kappa shape index (κ1) is 14.9. The van der Waals surface area contributed by atoms with E-state index in [2.05, 4.69) is 21.0 Å². The molecule has 5 nitrogen and oxygen atoms in total. The third kappa shape index (κ3) is 3.16. The molecule has 0 N–H and O–H groups in total. The Bertz CT molecular complexity index is 680. The van der Waals surface area contributed by atoms with Gasteiger partial charge in [-0.25, -0.2) is 4.68 Å². The lowest BCUT2D eigenvalue weighted by molar-refractivity contribution is 0.0969. The molecule has 0 aliphatic heterocycles. The summed E-state index contributed by atoms with van der Waals surface area (Å²) in [4.78, 5) is 26.6. The van der Waals surface area contributed by atoms with E-state index in [4.69, 9.17) is 0 Å². The summed E-state index contributed by atoms with van der Waals surface area (Å²) in [5, 5.41) is 5.88. The normalized spacial score (nSPS) is 10.6. The molecule has 2 heterocycles. The molecule has 0 atom stereocenters. The average Bonchev–Trinajstić information content (AvgIpc) is 2.86. The van der Waals surface area contributed by atoms with Crippen LogP contribution in [-0.2, 0) is 6.54 Å². The number of thiophene rings is 1. The van der Waals surface area contributed by atoms with Crippen molar-refractivity contribution in [2.45, 2.75) is 13.5 Å². The SMILES string of the molecule is CCN(C)c1cnn(CC(=O)c2sccc2Br)c(=O)c1. The van der Waals surface area contributed by atoms with E-state index in [0.29, 0.717) is 4.88 Å². The van der Waals surface area contributed by atoms with Crippen LogP contribution in [0.25, 0.3) is 0 Å². The minimum absolute atomic E-state index is 0.0476. The van der Waals surface area contributed by atoms with E-state index >= 15 is 0 Å². The number of ketones is 1. The lowest BCUT2D eigenvalue weighted by Gasteiger charge is -2.16. The molecule has 2 aromatic heterocycles. The van der Waals surface area contributed by atoms with Gasteiger partial charge in [-0.1, -0.05) is 0 Å². The van der Waals surface area contributed by atoms with Crippen LogP contribution in [0.5, 0.6) is 0 Å². The maximum absolute atomic E-state index is 12.1. The second-order valence-electron chi connectivity index (χ2n) is 4.24. The summed E-state index contributed by atoms with van der Waals surface area (Å²) in [5.41, 5.74) is 0.474. The number of halogens is 1. The molecular formula is C13H14BrN3O2S. The van der Waals surface area contributed by atoms with Crippen molar-refractivity contribution in [1.82, 2.24) is 9.78 Å². The summed E-state index contributed by atoms with van der Waals surface area (Å²) in [6.45, 7) is 2.73. The molecule has 0 unspecified atom stereocenters. The zero-order valence-electron chi connectivity index (χ0n) is 11.2. The van der Waals surface area contributed by atoms with Gasteiger partial charge in [0.2, 0.25) is 0 Å². The van der Waals surface area contributed by atoms with Gasteiger partial charge >= 0.3 is 0 Å². The zero-order valence-corrected chi connectivity index (χ0v) is 13.6. The molecule has 0 radical (unpaired) electrons. The fourth-order valence-corrected chi connectivity index (χ4v) is 3.16. The molecule has 0 saturated carbocycles. The first-order valence-electron chi connectivity index (χ1n) is 6.07. The highest BCUT2D eigenvalue weighted by molar-refractivity contribution is 9.10. The van der Waals surface area contributed by atoms with E-state index in [1.807, 2.05) is 30.3 Å². The molecule has 0 aromatic carbocycles. The molecule has 0 saturated heterocycles. The number of nitrogens with zero attached hydrogens (tertiary/aromatic N) is 3. The molecule has 0 aliphatic carbocycles. The van der Waals surface area contributed by atoms with Gasteiger partial charge in [0.1, 0.15) is 6.54 Å². The van der Waals surface area contributed by atoms with Gasteiger partial charge in [-0.2, -0.15) is 5.10 Å². The molecule has 0 spiro atoms. The molecular weight excluding hydrogens is 342 g/mol. The van der Waals surface area contributed by atoms with E-state index in [1.165, 1.54) is 22.1 Å². The Morgan fingerprint density at radius 3 is 2.85 bits per heavy atom. The van der Waals surface area contributed by atoms with Gasteiger partial charge in [-0.15, -0.1) is 11.3 Å². The van der Waals surface area contributed by atoms with Crippen LogP contribution in [0.4, 0.5) is 5.69 Å². The van der Waals surface area contributed by atoms with Crippen molar-refractivity contribution in [3.05, 3.63) is 43.4 Å². The number of carbonyl (C=O) groups excluding carboxylic acids is 1. The summed E-state index contributed by atoms with van der Waals surface area (Å²) in [7, 11) is 1.88. The van der Waals surface area contributed by atoms with Gasteiger partial charge in [0, 0.05) is 24.1 Å². The van der Waals surface area contributed by atoms with Crippen molar-refractivity contribution in [3.8, 4) is 0 Å². The van der Waals surface area contributed by atoms with Crippen LogP contribution in [0.2, 0.25) is 0 Å². The fourth-order valence-electron chi connectivity index (χ4n) is 1.63. The summed E-state index contributed by atoms with van der Waals surface area (Å²) in [5.74, 6) is -0.127. The number of Topliss-reactive ketones (excluding diaryl/α,β-unsaturated/α-hetero) is 1. The molecule has 20 heavy (non-hydrogen) atoms. The van der Waals surface area contributed by atoms with E-state index in [1.54, 1.807) is 6.20 Å². The van der Waals surface area contributed by atoms with Crippen molar-refractivity contribution < 1.29 is 4.79 Å². The summed E-state index contributed by atoms with van der Waals surface area (Å²) in [6.07, 6.45) is 1.60. The first-order valence-corrected chi connectivity index (χ1v) is 7.74. The van der Waals surface area contributed by atoms with Crippen molar-refractivity contribution >= 4 is 38.7 Å². The van der Waals surface area contributed by atoms with Crippen molar-refractivity contribution in [2.75, 3.05) is 18.5 Å². The Hall–Kier alpha value is -1.47. The zero-order chi connectivity index (χ0) is 14.7. The number of aromatic nitrogens is 2. The van der Waals surface area contributed by atoms with E-state index in [-0.39, 0.29) is 17.9 Å². The molecule has 0 aliphatic rings. The molecule has 2 rings (SSSR count). The largest absolute Gasteiger partial charge is 0.373 e. The monoisotopic (exact) mass is 355 g/mol. The van der Waals surface area contributed by atoms with Crippen molar-refractivity contribution in [2.24, 2.45) is 0 Å². The fraction of sp³-hybridized carbons (Fsp3) is 0.308. The summed E-state index contributed by atoms with van der Waals surface area (Å²) < 4.78 is 1.93. The van der Waals surface area contributed by atoms with Crippen LogP contribution in [0, 0.1) is 0 Å². The topological polar surface area (TPSA) is 55.2 Å². The number of carbonyl (C=O) groups is 1. The van der Waals surface area contributed by atoms with Gasteiger partial charge in [-0.05, 0) is 34.3 Å². The van der Waals surface area contributed by atoms with Gasteiger partial charge in [0.25, 0.3) is 5.56 Å². The molecule has 0 amide bonds. The maximum atomic E-state index is 12.1. The predicted octanol–water partition coefficient (Wildman–Crippen LogP) is 2.41. The summed E-state index contributed by atoms with van der Waals surface area (Å²) >= 11 is 4.66. The average molecular weight is 356 g/mol. The molecule has 106 valence electrons. The summed E-state index contributed by atoms with van der Waals surface area (Å²) in [6, 6.07) is 3.31. The van der Waals surface area contributed by atoms with Crippen LogP contribution in [-0.4, -0.2) is 29.2 Å². The Morgan fingerprint density at radius 2 is 2.30 bits per heavy atom. The van der Waals surface area contributed by atoms with Crippen molar-refractivity contribution in [1.29, 1.82) is 0 Å². The standard InChI is InChI=1S/C13H14BrN3O2S/c1-3-16(2)9-6-12(19)17(15-7-9)8-11(18)13-10(14)4-5-20-13/h4-7H,3,8H2,1-2H3. The molecule has 2 aromatic rings. The van der Waals surface area contributed by atoms with Crippen LogP contribution in [0.15, 0.2) is 33.0 Å². The van der Waals surface area contributed by atoms with Gasteiger partial charge in [0.15, 0.2) is 5.78 Å².